The Kier molecular flexibility index (Phi) is 4.45. The lowest BCUT2D eigenvalue weighted by atomic mass is 10.1. The fourth-order valence-electron chi connectivity index (χ4n) is 2.99. The van der Waals surface area contributed by atoms with Crippen LogP contribution in [0.5, 0.6) is 0 Å². The first-order valence-electron chi connectivity index (χ1n) is 8.66. The maximum absolute atomic E-state index is 5.42. The predicted octanol–water partition coefficient (Wildman–Crippen LogP) is 3.52. The number of guanidine groups is 1. The Bertz CT molecular complexity index is 1080. The number of aliphatic imine (C=N–C) groups is 1. The highest BCUT2D eigenvalue weighted by molar-refractivity contribution is 5.79. The van der Waals surface area contributed by atoms with Crippen molar-refractivity contribution in [3.8, 4) is 11.3 Å². The molecule has 0 aliphatic heterocycles. The first-order chi connectivity index (χ1) is 13.2. The van der Waals surface area contributed by atoms with E-state index in [1.54, 1.807) is 0 Å². The Morgan fingerprint density at radius 2 is 1.67 bits per heavy atom. The predicted molar refractivity (Wildman–Crippen MR) is 110 cm³/mol. The van der Waals surface area contributed by atoms with E-state index in [4.69, 9.17) is 16.5 Å². The quantitative estimate of drug-likeness (QED) is 0.377. The van der Waals surface area contributed by atoms with Crippen molar-refractivity contribution in [2.24, 2.45) is 16.5 Å². The molecule has 0 aliphatic rings. The van der Waals surface area contributed by atoms with Gasteiger partial charge in [-0.15, -0.1) is 0 Å². The van der Waals surface area contributed by atoms with E-state index in [0.29, 0.717) is 6.54 Å². The summed E-state index contributed by atoms with van der Waals surface area (Å²) in [6.07, 6.45) is 2.01. The molecule has 0 atom stereocenters. The van der Waals surface area contributed by atoms with Gasteiger partial charge in [-0.1, -0.05) is 48.5 Å². The fraction of sp³-hybridized carbons (Fsp3) is 0.0476. The zero-order valence-corrected chi connectivity index (χ0v) is 14.7. The van der Waals surface area contributed by atoms with Crippen molar-refractivity contribution in [2.45, 2.75) is 6.54 Å². The molecule has 4 aromatic rings. The highest BCUT2D eigenvalue weighted by Gasteiger charge is 2.13. The number of nitrogens with zero attached hydrogens (tertiary/aromatic N) is 3. The van der Waals surface area contributed by atoms with Gasteiger partial charge in [0.05, 0.1) is 5.69 Å². The van der Waals surface area contributed by atoms with Gasteiger partial charge in [-0.05, 0) is 29.8 Å². The summed E-state index contributed by atoms with van der Waals surface area (Å²) in [6.45, 7) is 0.657. The first-order valence-corrected chi connectivity index (χ1v) is 8.66. The number of imidazole rings is 1. The van der Waals surface area contributed by atoms with E-state index < -0.39 is 0 Å². The van der Waals surface area contributed by atoms with Gasteiger partial charge in [-0.3, -0.25) is 4.40 Å². The van der Waals surface area contributed by atoms with Gasteiger partial charge in [0.25, 0.3) is 0 Å². The lowest BCUT2D eigenvalue weighted by Gasteiger charge is -2.09. The molecular formula is C21H20N6. The summed E-state index contributed by atoms with van der Waals surface area (Å²) in [5.41, 5.74) is 15.6. The SMILES string of the molecule is NC(N)=Nc1ccc(CNc2c(-c3ccccc3)nc3ccccn23)cc1. The number of rotatable bonds is 5. The second kappa shape index (κ2) is 7.21. The van der Waals surface area contributed by atoms with Gasteiger partial charge in [0.1, 0.15) is 17.2 Å². The van der Waals surface area contributed by atoms with Crippen LogP contribution in [0.3, 0.4) is 0 Å². The molecule has 0 amide bonds. The summed E-state index contributed by atoms with van der Waals surface area (Å²) in [6, 6.07) is 24.0. The Morgan fingerprint density at radius 3 is 2.41 bits per heavy atom. The molecule has 0 bridgehead atoms. The maximum Gasteiger partial charge on any atom is 0.191 e. The number of aromatic nitrogens is 2. The largest absolute Gasteiger partial charge is 0.370 e. The van der Waals surface area contributed by atoms with Gasteiger partial charge in [0.15, 0.2) is 5.96 Å². The average molecular weight is 356 g/mol. The molecular weight excluding hydrogens is 336 g/mol. The molecule has 6 heteroatoms. The van der Waals surface area contributed by atoms with Crippen LogP contribution in [0.1, 0.15) is 5.56 Å². The van der Waals surface area contributed by atoms with Crippen molar-refractivity contribution >= 4 is 23.1 Å². The van der Waals surface area contributed by atoms with Crippen LogP contribution in [0.4, 0.5) is 11.5 Å². The summed E-state index contributed by atoms with van der Waals surface area (Å²) in [5, 5.41) is 3.53. The summed E-state index contributed by atoms with van der Waals surface area (Å²) in [5.74, 6) is 1.02. The van der Waals surface area contributed by atoms with Gasteiger partial charge in [-0.2, -0.15) is 0 Å². The van der Waals surface area contributed by atoms with E-state index in [0.717, 1.165) is 34.0 Å². The molecule has 0 saturated heterocycles. The molecule has 0 spiro atoms. The minimum Gasteiger partial charge on any atom is -0.370 e. The molecule has 2 aromatic carbocycles. The molecule has 0 fully saturated rings. The minimum atomic E-state index is 0.0547. The number of nitrogens with one attached hydrogen (secondary N) is 1. The molecule has 0 aliphatic carbocycles. The zero-order chi connectivity index (χ0) is 18.6. The molecule has 0 radical (unpaired) electrons. The van der Waals surface area contributed by atoms with E-state index >= 15 is 0 Å². The molecule has 2 aromatic heterocycles. The zero-order valence-electron chi connectivity index (χ0n) is 14.7. The number of pyridine rings is 1. The summed E-state index contributed by atoms with van der Waals surface area (Å²) in [4.78, 5) is 8.84. The normalized spacial score (nSPS) is 10.7. The van der Waals surface area contributed by atoms with Crippen LogP contribution in [-0.2, 0) is 6.54 Å². The molecule has 0 saturated carbocycles. The molecule has 0 unspecified atom stereocenters. The summed E-state index contributed by atoms with van der Waals surface area (Å²) in [7, 11) is 0. The Morgan fingerprint density at radius 1 is 0.926 bits per heavy atom. The number of benzene rings is 2. The van der Waals surface area contributed by atoms with Crippen molar-refractivity contribution in [3.63, 3.8) is 0 Å². The highest BCUT2D eigenvalue weighted by Crippen LogP contribution is 2.29. The van der Waals surface area contributed by atoms with E-state index in [-0.39, 0.29) is 5.96 Å². The van der Waals surface area contributed by atoms with Gasteiger partial charge in [-0.25, -0.2) is 9.98 Å². The van der Waals surface area contributed by atoms with Crippen LogP contribution >= 0.6 is 0 Å². The van der Waals surface area contributed by atoms with Crippen LogP contribution in [0.25, 0.3) is 16.9 Å². The van der Waals surface area contributed by atoms with Gasteiger partial charge < -0.3 is 16.8 Å². The number of hydrogen-bond donors (Lipinski definition) is 3. The average Bonchev–Trinajstić information content (AvgIpc) is 3.06. The van der Waals surface area contributed by atoms with E-state index in [2.05, 4.69) is 26.8 Å². The Hall–Kier alpha value is -3.80. The third-order valence-electron chi connectivity index (χ3n) is 4.23. The maximum atomic E-state index is 5.42. The molecule has 4 rings (SSSR count). The number of nitrogens with two attached hydrogens (primary N) is 2. The lowest BCUT2D eigenvalue weighted by molar-refractivity contribution is 1.08. The standard InChI is InChI=1S/C21H20N6/c22-21(23)25-17-11-9-15(10-12-17)14-24-20-19(16-6-2-1-3-7-16)26-18-8-4-5-13-27(18)20/h1-13,24H,14H2,(H4,22,23,25). The summed E-state index contributed by atoms with van der Waals surface area (Å²) < 4.78 is 2.07. The Labute approximate surface area is 157 Å². The second-order valence-electron chi connectivity index (χ2n) is 6.16. The smallest absolute Gasteiger partial charge is 0.191 e. The molecule has 134 valence electrons. The highest BCUT2D eigenvalue weighted by atomic mass is 15.1. The van der Waals surface area contributed by atoms with Gasteiger partial charge in [0, 0.05) is 18.3 Å². The van der Waals surface area contributed by atoms with E-state index in [1.165, 1.54) is 0 Å². The van der Waals surface area contributed by atoms with Crippen molar-refractivity contribution in [2.75, 3.05) is 5.32 Å². The second-order valence-corrected chi connectivity index (χ2v) is 6.16. The molecule has 2 heterocycles. The van der Waals surface area contributed by atoms with Gasteiger partial charge in [0.2, 0.25) is 0 Å². The number of anilines is 1. The first kappa shape index (κ1) is 16.7. The van der Waals surface area contributed by atoms with Crippen molar-refractivity contribution in [3.05, 3.63) is 84.6 Å². The van der Waals surface area contributed by atoms with Gasteiger partial charge >= 0.3 is 0 Å². The molecule has 27 heavy (non-hydrogen) atoms. The third kappa shape index (κ3) is 3.59. The molecule has 5 N–H and O–H groups in total. The van der Waals surface area contributed by atoms with Crippen LogP contribution in [0.2, 0.25) is 0 Å². The summed E-state index contributed by atoms with van der Waals surface area (Å²) >= 11 is 0. The Balaban J connectivity index is 1.64. The van der Waals surface area contributed by atoms with E-state index in [1.807, 2.05) is 66.9 Å². The van der Waals surface area contributed by atoms with Crippen LogP contribution in [-0.4, -0.2) is 15.3 Å². The lowest BCUT2D eigenvalue weighted by Crippen LogP contribution is -2.21. The van der Waals surface area contributed by atoms with Crippen LogP contribution < -0.4 is 16.8 Å². The van der Waals surface area contributed by atoms with Crippen LogP contribution in [0.15, 0.2) is 84.0 Å². The molecule has 6 nitrogen and oxygen atoms in total. The van der Waals surface area contributed by atoms with E-state index in [9.17, 15) is 0 Å². The minimum absolute atomic E-state index is 0.0547. The topological polar surface area (TPSA) is 93.7 Å². The van der Waals surface area contributed by atoms with Crippen LogP contribution in [0, 0.1) is 0 Å². The third-order valence-corrected chi connectivity index (χ3v) is 4.23. The van der Waals surface area contributed by atoms with Crippen molar-refractivity contribution in [1.29, 1.82) is 0 Å². The van der Waals surface area contributed by atoms with Crippen molar-refractivity contribution < 1.29 is 0 Å². The monoisotopic (exact) mass is 356 g/mol. The number of fused-ring (bicyclic) bond motifs is 1. The number of hydrogen-bond acceptors (Lipinski definition) is 3. The fourth-order valence-corrected chi connectivity index (χ4v) is 2.99. The van der Waals surface area contributed by atoms with Crippen molar-refractivity contribution in [1.82, 2.24) is 9.38 Å².